The molecule has 118 valence electrons. The zero-order chi connectivity index (χ0) is 14.8. The Bertz CT molecular complexity index is 658. The molecule has 1 amide bonds. The van der Waals surface area contributed by atoms with Crippen LogP contribution < -0.4 is 11.1 Å². The van der Waals surface area contributed by atoms with Crippen LogP contribution in [0.3, 0.4) is 0 Å². The van der Waals surface area contributed by atoms with Crippen molar-refractivity contribution in [1.29, 1.82) is 0 Å². The Morgan fingerprint density at radius 1 is 1.41 bits per heavy atom. The van der Waals surface area contributed by atoms with Crippen LogP contribution in [0.4, 0.5) is 5.69 Å². The predicted octanol–water partition coefficient (Wildman–Crippen LogP) is 1.46. The van der Waals surface area contributed by atoms with Crippen LogP contribution in [0.1, 0.15) is 25.1 Å². The summed E-state index contributed by atoms with van der Waals surface area (Å²) in [5.41, 5.74) is 7.42. The maximum atomic E-state index is 12.2. The summed E-state index contributed by atoms with van der Waals surface area (Å²) in [4.78, 5) is 12.2. The fraction of sp³-hybridized carbons (Fsp3) is 0.429. The molecule has 1 aromatic carbocycles. The Labute approximate surface area is 134 Å². The number of tetrazole rings is 1. The Balaban J connectivity index is 0.00000176. The zero-order valence-electron chi connectivity index (χ0n) is 12.3. The number of anilines is 1. The topological polar surface area (TPSA) is 98.7 Å². The number of benzene rings is 1. The average Bonchev–Trinajstić information content (AvgIpc) is 3.08. The number of nitrogens with one attached hydrogen (secondary N) is 1. The quantitative estimate of drug-likeness (QED) is 0.891. The number of halogens is 1. The van der Waals surface area contributed by atoms with Crippen LogP contribution in [0.5, 0.6) is 0 Å². The summed E-state index contributed by atoms with van der Waals surface area (Å²) in [6, 6.07) is 7.62. The molecule has 1 aromatic heterocycles. The van der Waals surface area contributed by atoms with Gasteiger partial charge in [0.2, 0.25) is 5.91 Å². The van der Waals surface area contributed by atoms with E-state index in [0.717, 1.165) is 30.6 Å². The lowest BCUT2D eigenvalue weighted by Gasteiger charge is -2.11. The van der Waals surface area contributed by atoms with E-state index >= 15 is 0 Å². The van der Waals surface area contributed by atoms with Crippen molar-refractivity contribution < 1.29 is 4.79 Å². The van der Waals surface area contributed by atoms with Gasteiger partial charge in [-0.3, -0.25) is 4.79 Å². The molecule has 1 heterocycles. The molecule has 0 bridgehead atoms. The molecule has 1 fully saturated rings. The van der Waals surface area contributed by atoms with Gasteiger partial charge in [0, 0.05) is 17.6 Å². The van der Waals surface area contributed by atoms with E-state index in [1.165, 1.54) is 0 Å². The van der Waals surface area contributed by atoms with E-state index in [2.05, 4.69) is 20.8 Å². The Hall–Kier alpha value is -1.99. The molecule has 3 rings (SSSR count). The van der Waals surface area contributed by atoms with Crippen molar-refractivity contribution in [2.24, 2.45) is 11.7 Å². The highest BCUT2D eigenvalue weighted by Crippen LogP contribution is 2.25. The first-order valence-electron chi connectivity index (χ1n) is 7.05. The Morgan fingerprint density at radius 3 is 2.86 bits per heavy atom. The molecule has 2 aromatic rings. The van der Waals surface area contributed by atoms with Gasteiger partial charge >= 0.3 is 0 Å². The summed E-state index contributed by atoms with van der Waals surface area (Å²) in [5.74, 6) is 0.743. The molecule has 22 heavy (non-hydrogen) atoms. The maximum Gasteiger partial charge on any atom is 0.227 e. The van der Waals surface area contributed by atoms with Crippen LogP contribution in [0.15, 0.2) is 24.3 Å². The Kier molecular flexibility index (Phi) is 5.10. The summed E-state index contributed by atoms with van der Waals surface area (Å²) in [5, 5.41) is 14.3. The van der Waals surface area contributed by atoms with Gasteiger partial charge in [-0.15, -0.1) is 17.5 Å². The highest BCUT2D eigenvalue weighted by Gasteiger charge is 2.27. The highest BCUT2D eigenvalue weighted by atomic mass is 35.5. The average molecular weight is 323 g/mol. The van der Waals surface area contributed by atoms with Gasteiger partial charge in [-0.1, -0.05) is 6.07 Å². The van der Waals surface area contributed by atoms with Gasteiger partial charge in [0.15, 0.2) is 5.82 Å². The molecule has 0 saturated heterocycles. The van der Waals surface area contributed by atoms with Crippen molar-refractivity contribution in [3.63, 3.8) is 0 Å². The van der Waals surface area contributed by atoms with Crippen molar-refractivity contribution >= 4 is 24.0 Å². The number of aromatic nitrogens is 4. The van der Waals surface area contributed by atoms with Crippen LogP contribution in [0.25, 0.3) is 5.69 Å². The molecule has 0 radical (unpaired) electrons. The van der Waals surface area contributed by atoms with Crippen LogP contribution in [0, 0.1) is 12.8 Å². The van der Waals surface area contributed by atoms with Crippen LogP contribution in [-0.4, -0.2) is 32.2 Å². The number of carbonyl (C=O) groups is 1. The number of rotatable bonds is 3. The van der Waals surface area contributed by atoms with Crippen molar-refractivity contribution in [3.05, 3.63) is 30.1 Å². The minimum absolute atomic E-state index is 0. The fourth-order valence-electron chi connectivity index (χ4n) is 2.68. The van der Waals surface area contributed by atoms with Crippen LogP contribution >= 0.6 is 12.4 Å². The SMILES string of the molecule is Cc1nnnn1-c1cccc(NC(=O)C2CCC(N)C2)c1.Cl. The van der Waals surface area contributed by atoms with E-state index < -0.39 is 0 Å². The van der Waals surface area contributed by atoms with E-state index in [-0.39, 0.29) is 30.3 Å². The van der Waals surface area contributed by atoms with Crippen molar-refractivity contribution in [2.75, 3.05) is 5.32 Å². The molecule has 2 unspecified atom stereocenters. The standard InChI is InChI=1S/C14H18N6O.ClH/c1-9-17-18-19-20(9)13-4-2-3-12(8-13)16-14(21)10-5-6-11(15)7-10;/h2-4,8,10-11H,5-7,15H2,1H3,(H,16,21);1H. The smallest absolute Gasteiger partial charge is 0.227 e. The number of amides is 1. The number of nitrogens with two attached hydrogens (primary N) is 1. The number of nitrogens with zero attached hydrogens (tertiary/aromatic N) is 4. The summed E-state index contributed by atoms with van der Waals surface area (Å²) in [7, 11) is 0. The molecule has 1 saturated carbocycles. The van der Waals surface area contributed by atoms with Crippen molar-refractivity contribution in [3.8, 4) is 5.69 Å². The number of hydrogen-bond donors (Lipinski definition) is 2. The summed E-state index contributed by atoms with van der Waals surface area (Å²) in [6.45, 7) is 1.82. The lowest BCUT2D eigenvalue weighted by molar-refractivity contribution is -0.119. The lowest BCUT2D eigenvalue weighted by atomic mass is 10.1. The normalized spacial score (nSPS) is 20.5. The van der Waals surface area contributed by atoms with Gasteiger partial charge in [-0.05, 0) is 54.8 Å². The molecule has 1 aliphatic carbocycles. The highest BCUT2D eigenvalue weighted by molar-refractivity contribution is 5.93. The first-order chi connectivity index (χ1) is 10.1. The molecule has 0 aliphatic heterocycles. The summed E-state index contributed by atoms with van der Waals surface area (Å²) in [6.07, 6.45) is 2.54. The van der Waals surface area contributed by atoms with Crippen LogP contribution in [-0.2, 0) is 4.79 Å². The third-order valence-electron chi connectivity index (χ3n) is 3.83. The number of carbonyl (C=O) groups excluding carboxylic acids is 1. The second kappa shape index (κ2) is 6.85. The summed E-state index contributed by atoms with van der Waals surface area (Å²) >= 11 is 0. The van der Waals surface area contributed by atoms with Crippen molar-refractivity contribution in [2.45, 2.75) is 32.2 Å². The van der Waals surface area contributed by atoms with Gasteiger partial charge in [0.25, 0.3) is 0 Å². The van der Waals surface area contributed by atoms with Crippen LogP contribution in [0.2, 0.25) is 0 Å². The molecule has 7 nitrogen and oxygen atoms in total. The van der Waals surface area contributed by atoms with Crippen molar-refractivity contribution in [1.82, 2.24) is 20.2 Å². The molecule has 8 heteroatoms. The predicted molar refractivity (Wildman–Crippen MR) is 85.1 cm³/mol. The molecule has 1 aliphatic rings. The van der Waals surface area contributed by atoms with E-state index in [9.17, 15) is 4.79 Å². The van der Waals surface area contributed by atoms with E-state index in [4.69, 9.17) is 5.73 Å². The fourth-order valence-corrected chi connectivity index (χ4v) is 2.68. The molecule has 0 spiro atoms. The van der Waals surface area contributed by atoms with Gasteiger partial charge in [0.1, 0.15) is 0 Å². The number of hydrogen-bond acceptors (Lipinski definition) is 5. The molecular weight excluding hydrogens is 304 g/mol. The monoisotopic (exact) mass is 322 g/mol. The minimum Gasteiger partial charge on any atom is -0.328 e. The van der Waals surface area contributed by atoms with E-state index in [0.29, 0.717) is 5.82 Å². The summed E-state index contributed by atoms with van der Waals surface area (Å²) < 4.78 is 1.63. The Morgan fingerprint density at radius 2 is 2.23 bits per heavy atom. The second-order valence-corrected chi connectivity index (χ2v) is 5.45. The van der Waals surface area contributed by atoms with E-state index in [1.54, 1.807) is 4.68 Å². The van der Waals surface area contributed by atoms with E-state index in [1.807, 2.05) is 31.2 Å². The minimum atomic E-state index is 0. The second-order valence-electron chi connectivity index (χ2n) is 5.45. The van der Waals surface area contributed by atoms with Gasteiger partial charge < -0.3 is 11.1 Å². The van der Waals surface area contributed by atoms with Gasteiger partial charge in [-0.25, -0.2) is 0 Å². The molecule has 3 N–H and O–H groups in total. The largest absolute Gasteiger partial charge is 0.328 e. The first kappa shape index (κ1) is 16.4. The first-order valence-corrected chi connectivity index (χ1v) is 7.05. The zero-order valence-corrected chi connectivity index (χ0v) is 13.1. The third kappa shape index (κ3) is 3.42. The van der Waals surface area contributed by atoms with Gasteiger partial charge in [-0.2, -0.15) is 4.68 Å². The molecule has 2 atom stereocenters. The van der Waals surface area contributed by atoms with Gasteiger partial charge in [0.05, 0.1) is 5.69 Å². The molecular formula is C14H19ClN6O. The number of aryl methyl sites for hydroxylation is 1. The third-order valence-corrected chi connectivity index (χ3v) is 3.83. The lowest BCUT2D eigenvalue weighted by Crippen LogP contribution is -2.23. The maximum absolute atomic E-state index is 12.2.